The number of sulfone groups is 1. The van der Waals surface area contributed by atoms with Gasteiger partial charge in [0.25, 0.3) is 0 Å². The van der Waals surface area contributed by atoms with Crippen molar-refractivity contribution in [2.45, 2.75) is 25.6 Å². The lowest BCUT2D eigenvalue weighted by Crippen LogP contribution is -2.28. The van der Waals surface area contributed by atoms with Crippen molar-refractivity contribution >= 4 is 15.7 Å². The van der Waals surface area contributed by atoms with E-state index in [-0.39, 0.29) is 23.8 Å². The molecule has 1 aromatic heterocycles. The molecule has 0 unspecified atom stereocenters. The molecule has 5 nitrogen and oxygen atoms in total. The van der Waals surface area contributed by atoms with Gasteiger partial charge in [-0.25, -0.2) is 8.42 Å². The van der Waals surface area contributed by atoms with Gasteiger partial charge < -0.3 is 4.90 Å². The van der Waals surface area contributed by atoms with Crippen LogP contribution in [0.4, 0.5) is 0 Å². The van der Waals surface area contributed by atoms with Crippen LogP contribution in [0.3, 0.4) is 0 Å². The van der Waals surface area contributed by atoms with Crippen molar-refractivity contribution in [2.24, 2.45) is 0 Å². The monoisotopic (exact) mass is 346 g/mol. The van der Waals surface area contributed by atoms with Crippen LogP contribution in [0.2, 0.25) is 0 Å². The third-order valence-corrected chi connectivity index (χ3v) is 5.26. The highest BCUT2D eigenvalue weighted by atomic mass is 32.2. The normalized spacial score (nSPS) is 11.2. The van der Waals surface area contributed by atoms with Crippen molar-refractivity contribution in [3.05, 3.63) is 65.5 Å². The molecule has 0 aliphatic rings. The minimum atomic E-state index is -3.31. The van der Waals surface area contributed by atoms with E-state index < -0.39 is 9.84 Å². The second kappa shape index (κ2) is 8.06. The predicted molar refractivity (Wildman–Crippen MR) is 94.0 cm³/mol. The van der Waals surface area contributed by atoms with Gasteiger partial charge in [-0.1, -0.05) is 35.9 Å². The van der Waals surface area contributed by atoms with Crippen LogP contribution in [0.25, 0.3) is 0 Å². The van der Waals surface area contributed by atoms with Crippen molar-refractivity contribution in [3.63, 3.8) is 0 Å². The van der Waals surface area contributed by atoms with Crippen LogP contribution in [-0.2, 0) is 26.9 Å². The van der Waals surface area contributed by atoms with Crippen molar-refractivity contribution in [1.82, 2.24) is 9.88 Å². The average Bonchev–Trinajstić information content (AvgIpc) is 2.53. The minimum absolute atomic E-state index is 0.00902. The number of aromatic nitrogens is 1. The Bertz CT molecular complexity index is 789. The fourth-order valence-corrected chi connectivity index (χ4v) is 3.73. The number of pyridine rings is 1. The van der Waals surface area contributed by atoms with Gasteiger partial charge in [0.2, 0.25) is 5.91 Å². The summed E-state index contributed by atoms with van der Waals surface area (Å²) in [5.74, 6) is -0.363. The molecule has 1 aromatic carbocycles. The van der Waals surface area contributed by atoms with Gasteiger partial charge in [0.05, 0.1) is 11.5 Å². The summed E-state index contributed by atoms with van der Waals surface area (Å²) < 4.78 is 24.4. The highest BCUT2D eigenvalue weighted by Gasteiger charge is 2.17. The molecule has 1 heterocycles. The molecular formula is C18H22N2O3S. The van der Waals surface area contributed by atoms with E-state index in [1.165, 1.54) is 4.90 Å². The number of carbonyl (C=O) groups is 1. The molecule has 0 N–H and O–H groups in total. The van der Waals surface area contributed by atoms with Crippen LogP contribution in [0.1, 0.15) is 23.1 Å². The van der Waals surface area contributed by atoms with E-state index in [0.29, 0.717) is 6.54 Å². The van der Waals surface area contributed by atoms with E-state index in [1.54, 1.807) is 31.6 Å². The quantitative estimate of drug-likeness (QED) is 0.772. The van der Waals surface area contributed by atoms with Crippen LogP contribution >= 0.6 is 0 Å². The number of hydrogen-bond donors (Lipinski definition) is 0. The van der Waals surface area contributed by atoms with Crippen LogP contribution in [0.5, 0.6) is 0 Å². The van der Waals surface area contributed by atoms with Crippen molar-refractivity contribution < 1.29 is 13.2 Å². The van der Waals surface area contributed by atoms with Crippen molar-refractivity contribution in [1.29, 1.82) is 0 Å². The highest BCUT2D eigenvalue weighted by molar-refractivity contribution is 7.90. The molecule has 0 spiro atoms. The molecule has 6 heteroatoms. The third-order valence-electron chi connectivity index (χ3n) is 3.66. The number of rotatable bonds is 7. The summed E-state index contributed by atoms with van der Waals surface area (Å²) in [6.07, 6.45) is 3.35. The second-order valence-corrected chi connectivity index (χ2v) is 8.13. The average molecular weight is 346 g/mol. The first kappa shape index (κ1) is 18.1. The molecule has 2 rings (SSSR count). The molecular weight excluding hydrogens is 324 g/mol. The third kappa shape index (κ3) is 5.77. The summed E-state index contributed by atoms with van der Waals surface area (Å²) in [7, 11) is -1.64. The fourth-order valence-electron chi connectivity index (χ4n) is 2.42. The predicted octanol–water partition coefficient (Wildman–Crippen LogP) is 2.35. The first-order valence-electron chi connectivity index (χ1n) is 7.74. The number of nitrogens with zero attached hydrogens (tertiary/aromatic N) is 2. The Labute approximate surface area is 143 Å². The Balaban J connectivity index is 1.87. The SMILES string of the molecule is Cc1cccc(CS(=O)(=O)CCC(=O)N(C)Cc2cccnc2)c1. The van der Waals surface area contributed by atoms with E-state index in [4.69, 9.17) is 0 Å². The molecule has 0 atom stereocenters. The number of hydrogen-bond acceptors (Lipinski definition) is 4. The fraction of sp³-hybridized carbons (Fsp3) is 0.333. The Morgan fingerprint density at radius 3 is 2.58 bits per heavy atom. The molecule has 0 radical (unpaired) electrons. The van der Waals surface area contributed by atoms with Crippen LogP contribution in [0.15, 0.2) is 48.8 Å². The molecule has 24 heavy (non-hydrogen) atoms. The molecule has 128 valence electrons. The summed E-state index contributed by atoms with van der Waals surface area (Å²) in [5.41, 5.74) is 2.69. The lowest BCUT2D eigenvalue weighted by Gasteiger charge is -2.17. The smallest absolute Gasteiger partial charge is 0.223 e. The van der Waals surface area contributed by atoms with Gasteiger partial charge in [-0.15, -0.1) is 0 Å². The zero-order valence-electron chi connectivity index (χ0n) is 14.0. The zero-order chi connectivity index (χ0) is 17.6. The molecule has 0 fully saturated rings. The number of carbonyl (C=O) groups excluding carboxylic acids is 1. The van der Waals surface area contributed by atoms with Gasteiger partial charge in [-0.3, -0.25) is 9.78 Å². The first-order valence-corrected chi connectivity index (χ1v) is 9.57. The van der Waals surface area contributed by atoms with Crippen LogP contribution in [-0.4, -0.2) is 37.0 Å². The second-order valence-electron chi connectivity index (χ2n) is 5.94. The molecule has 0 bridgehead atoms. The molecule has 0 saturated heterocycles. The van der Waals surface area contributed by atoms with Gasteiger partial charge in [0, 0.05) is 32.4 Å². The summed E-state index contributed by atoms with van der Waals surface area (Å²) in [6.45, 7) is 2.34. The summed E-state index contributed by atoms with van der Waals surface area (Å²) in [6, 6.07) is 11.1. The van der Waals surface area contributed by atoms with E-state index in [9.17, 15) is 13.2 Å². The maximum atomic E-state index is 12.2. The zero-order valence-corrected chi connectivity index (χ0v) is 14.8. The van der Waals surface area contributed by atoms with Gasteiger partial charge in [0.1, 0.15) is 0 Å². The Kier molecular flexibility index (Phi) is 6.09. The molecule has 0 saturated carbocycles. The molecule has 2 aromatic rings. The van der Waals surface area contributed by atoms with E-state index >= 15 is 0 Å². The standard InChI is InChI=1S/C18H22N2O3S/c1-15-5-3-6-16(11-15)14-24(22,23)10-8-18(21)20(2)13-17-7-4-9-19-12-17/h3-7,9,11-12H,8,10,13-14H2,1-2H3. The largest absolute Gasteiger partial charge is 0.341 e. The van der Waals surface area contributed by atoms with E-state index in [2.05, 4.69) is 4.98 Å². The summed E-state index contributed by atoms with van der Waals surface area (Å²) in [5, 5.41) is 0. The van der Waals surface area contributed by atoms with Crippen LogP contribution < -0.4 is 0 Å². The maximum absolute atomic E-state index is 12.2. The van der Waals surface area contributed by atoms with Crippen molar-refractivity contribution in [3.8, 4) is 0 Å². The van der Waals surface area contributed by atoms with Gasteiger partial charge >= 0.3 is 0 Å². The topological polar surface area (TPSA) is 67.3 Å². The van der Waals surface area contributed by atoms with E-state index in [0.717, 1.165) is 16.7 Å². The number of amides is 1. The van der Waals surface area contributed by atoms with Crippen molar-refractivity contribution in [2.75, 3.05) is 12.8 Å². The van der Waals surface area contributed by atoms with Gasteiger partial charge in [-0.2, -0.15) is 0 Å². The Hall–Kier alpha value is -2.21. The van der Waals surface area contributed by atoms with E-state index in [1.807, 2.05) is 31.2 Å². The summed E-state index contributed by atoms with van der Waals surface area (Å²) >= 11 is 0. The first-order chi connectivity index (χ1) is 11.4. The summed E-state index contributed by atoms with van der Waals surface area (Å²) in [4.78, 5) is 17.7. The van der Waals surface area contributed by atoms with Crippen LogP contribution in [0, 0.1) is 6.92 Å². The Morgan fingerprint density at radius 1 is 1.17 bits per heavy atom. The maximum Gasteiger partial charge on any atom is 0.223 e. The molecule has 0 aliphatic carbocycles. The number of benzene rings is 1. The molecule has 1 amide bonds. The highest BCUT2D eigenvalue weighted by Crippen LogP contribution is 2.11. The Morgan fingerprint density at radius 2 is 1.92 bits per heavy atom. The minimum Gasteiger partial charge on any atom is -0.341 e. The lowest BCUT2D eigenvalue weighted by molar-refractivity contribution is -0.130. The molecule has 0 aliphatic heterocycles. The van der Waals surface area contributed by atoms with Gasteiger partial charge in [-0.05, 0) is 24.1 Å². The lowest BCUT2D eigenvalue weighted by atomic mass is 10.2. The number of aryl methyl sites for hydroxylation is 1. The van der Waals surface area contributed by atoms with Gasteiger partial charge in [0.15, 0.2) is 9.84 Å².